The van der Waals surface area contributed by atoms with Gasteiger partial charge in [0, 0.05) is 22.2 Å². The van der Waals surface area contributed by atoms with Gasteiger partial charge in [-0.15, -0.1) is 5.92 Å². The highest BCUT2D eigenvalue weighted by molar-refractivity contribution is 9.10. The Morgan fingerprint density at radius 1 is 1.44 bits per heavy atom. The summed E-state index contributed by atoms with van der Waals surface area (Å²) in [5.41, 5.74) is 4.46. The third-order valence-corrected chi connectivity index (χ3v) is 4.19. The van der Waals surface area contributed by atoms with Crippen LogP contribution in [0.1, 0.15) is 32.3 Å². The number of nitrogens with one attached hydrogen (secondary N) is 1. The second-order valence-electron chi connectivity index (χ2n) is 5.68. The van der Waals surface area contributed by atoms with Gasteiger partial charge in [-0.3, -0.25) is 5.43 Å². The SMILES string of the molecule is CC#C/C=C\C=C1/C[C@@H](C)CC(N/N=C/c2cc(Br)cc(Cl)c2O)=N1. The molecule has 1 heterocycles. The van der Waals surface area contributed by atoms with Crippen LogP contribution in [0, 0.1) is 17.8 Å². The molecule has 0 bridgehead atoms. The first kappa shape index (κ1) is 19.3. The van der Waals surface area contributed by atoms with Gasteiger partial charge in [0.15, 0.2) is 0 Å². The number of halogens is 2. The standard InChI is InChI=1S/C19H19BrClN3O/c1-3-4-5-6-7-16-8-13(2)9-18(23-16)24-22-12-14-10-15(20)11-17(21)19(14)25/h5-7,10-13,25H,8-9H2,1-2H3,(H,23,24)/b6-5-,16-7+,22-12+/t13-/m1/s1. The Balaban J connectivity index is 2.10. The van der Waals surface area contributed by atoms with Gasteiger partial charge in [0.25, 0.3) is 0 Å². The molecule has 2 rings (SSSR count). The molecule has 1 atom stereocenters. The number of hydrogen-bond acceptors (Lipinski definition) is 4. The molecule has 0 saturated heterocycles. The molecule has 0 aromatic heterocycles. The van der Waals surface area contributed by atoms with Crippen LogP contribution in [0.4, 0.5) is 0 Å². The molecule has 4 nitrogen and oxygen atoms in total. The Morgan fingerprint density at radius 2 is 2.24 bits per heavy atom. The van der Waals surface area contributed by atoms with E-state index in [1.165, 1.54) is 6.21 Å². The fraction of sp³-hybridized carbons (Fsp3) is 0.263. The van der Waals surface area contributed by atoms with Gasteiger partial charge in [-0.05, 0) is 43.5 Å². The maximum absolute atomic E-state index is 9.95. The number of amidine groups is 1. The van der Waals surface area contributed by atoms with Gasteiger partial charge < -0.3 is 5.11 Å². The minimum atomic E-state index is -0.00266. The van der Waals surface area contributed by atoms with Gasteiger partial charge in [-0.1, -0.05) is 46.5 Å². The van der Waals surface area contributed by atoms with E-state index in [1.807, 2.05) is 12.2 Å². The number of aromatic hydroxyl groups is 1. The molecule has 0 unspecified atom stereocenters. The lowest BCUT2D eigenvalue weighted by molar-refractivity contribution is 0.474. The Bertz CT molecular complexity index is 816. The zero-order valence-electron chi connectivity index (χ0n) is 14.1. The largest absolute Gasteiger partial charge is 0.506 e. The summed E-state index contributed by atoms with van der Waals surface area (Å²) in [7, 11) is 0. The number of phenolic OH excluding ortho intramolecular Hbond substituents is 1. The topological polar surface area (TPSA) is 57.0 Å². The van der Waals surface area contributed by atoms with Crippen molar-refractivity contribution in [3.63, 3.8) is 0 Å². The van der Waals surface area contributed by atoms with E-state index < -0.39 is 0 Å². The average molecular weight is 421 g/mol. The van der Waals surface area contributed by atoms with Gasteiger partial charge in [0.05, 0.1) is 11.2 Å². The van der Waals surface area contributed by atoms with Crippen molar-refractivity contribution in [2.24, 2.45) is 16.0 Å². The van der Waals surface area contributed by atoms with E-state index in [9.17, 15) is 5.11 Å². The Labute approximate surface area is 161 Å². The first-order chi connectivity index (χ1) is 12.0. The van der Waals surface area contributed by atoms with Gasteiger partial charge in [0.1, 0.15) is 11.6 Å². The van der Waals surface area contributed by atoms with E-state index >= 15 is 0 Å². The summed E-state index contributed by atoms with van der Waals surface area (Å²) in [6.07, 6.45) is 8.92. The molecule has 130 valence electrons. The third kappa shape index (κ3) is 6.08. The highest BCUT2D eigenvalue weighted by Crippen LogP contribution is 2.30. The smallest absolute Gasteiger partial charge is 0.143 e. The zero-order chi connectivity index (χ0) is 18.2. The molecule has 0 amide bonds. The molecular formula is C19H19BrClN3O. The number of phenols is 1. The van der Waals surface area contributed by atoms with Crippen LogP contribution in [-0.4, -0.2) is 17.2 Å². The summed E-state index contributed by atoms with van der Waals surface area (Å²) in [5.74, 6) is 6.95. The van der Waals surface area contributed by atoms with Crippen LogP contribution >= 0.6 is 27.5 Å². The van der Waals surface area contributed by atoms with E-state index in [4.69, 9.17) is 11.6 Å². The van der Waals surface area contributed by atoms with Crippen molar-refractivity contribution in [2.45, 2.75) is 26.7 Å². The molecule has 0 saturated carbocycles. The lowest BCUT2D eigenvalue weighted by Crippen LogP contribution is -2.24. The summed E-state index contributed by atoms with van der Waals surface area (Å²) >= 11 is 9.29. The number of benzene rings is 1. The minimum Gasteiger partial charge on any atom is -0.506 e. The van der Waals surface area contributed by atoms with Crippen molar-refractivity contribution in [3.05, 3.63) is 51.1 Å². The lowest BCUT2D eigenvalue weighted by Gasteiger charge is -2.19. The second kappa shape index (κ2) is 9.45. The monoisotopic (exact) mass is 419 g/mol. The van der Waals surface area contributed by atoms with Crippen molar-refractivity contribution in [2.75, 3.05) is 0 Å². The number of nitrogens with zero attached hydrogens (tertiary/aromatic N) is 2. The molecule has 0 fully saturated rings. The van der Waals surface area contributed by atoms with Crippen LogP contribution in [0.15, 0.2) is 50.6 Å². The van der Waals surface area contributed by atoms with Gasteiger partial charge in [0.2, 0.25) is 0 Å². The summed E-state index contributed by atoms with van der Waals surface area (Å²) in [6.45, 7) is 3.97. The Kier molecular flexibility index (Phi) is 7.30. The van der Waals surface area contributed by atoms with Crippen LogP contribution in [0.3, 0.4) is 0 Å². The fourth-order valence-electron chi connectivity index (χ4n) is 2.35. The van der Waals surface area contributed by atoms with Gasteiger partial charge in [-0.2, -0.15) is 5.10 Å². The van der Waals surface area contributed by atoms with Crippen molar-refractivity contribution in [1.29, 1.82) is 0 Å². The molecular weight excluding hydrogens is 402 g/mol. The summed E-state index contributed by atoms with van der Waals surface area (Å²) < 4.78 is 0.771. The molecule has 1 aliphatic rings. The maximum atomic E-state index is 9.95. The van der Waals surface area contributed by atoms with Crippen molar-refractivity contribution in [3.8, 4) is 17.6 Å². The van der Waals surface area contributed by atoms with Gasteiger partial charge >= 0.3 is 0 Å². The number of hydrazone groups is 1. The van der Waals surface area contributed by atoms with Crippen molar-refractivity contribution >= 4 is 39.6 Å². The molecule has 1 aromatic rings. The minimum absolute atomic E-state index is 0.00266. The fourth-order valence-corrected chi connectivity index (χ4v) is 3.19. The highest BCUT2D eigenvalue weighted by atomic mass is 79.9. The predicted molar refractivity (Wildman–Crippen MR) is 108 cm³/mol. The summed E-state index contributed by atoms with van der Waals surface area (Å²) in [5, 5.41) is 14.4. The molecule has 1 aromatic carbocycles. The number of aliphatic imine (C=N–C) groups is 1. The van der Waals surface area contributed by atoms with E-state index in [1.54, 1.807) is 25.1 Å². The van der Waals surface area contributed by atoms with E-state index in [-0.39, 0.29) is 10.8 Å². The summed E-state index contributed by atoms with van der Waals surface area (Å²) in [4.78, 5) is 4.57. The van der Waals surface area contributed by atoms with Crippen LogP contribution < -0.4 is 5.43 Å². The normalized spacial score (nSPS) is 19.1. The molecule has 0 aliphatic carbocycles. The molecule has 0 radical (unpaired) electrons. The highest BCUT2D eigenvalue weighted by Gasteiger charge is 2.15. The van der Waals surface area contributed by atoms with Crippen LogP contribution in [0.25, 0.3) is 0 Å². The first-order valence-corrected chi connectivity index (χ1v) is 8.99. The van der Waals surface area contributed by atoms with Crippen LogP contribution in [0.5, 0.6) is 5.75 Å². The molecule has 25 heavy (non-hydrogen) atoms. The Hall–Kier alpha value is -2.03. The molecule has 0 spiro atoms. The zero-order valence-corrected chi connectivity index (χ0v) is 16.4. The number of rotatable bonds is 3. The first-order valence-electron chi connectivity index (χ1n) is 7.82. The van der Waals surface area contributed by atoms with E-state index in [2.05, 4.69) is 50.2 Å². The van der Waals surface area contributed by atoms with E-state index in [0.29, 0.717) is 11.5 Å². The summed E-state index contributed by atoms with van der Waals surface area (Å²) in [6, 6.07) is 3.37. The van der Waals surface area contributed by atoms with Gasteiger partial charge in [-0.25, -0.2) is 4.99 Å². The van der Waals surface area contributed by atoms with Crippen molar-refractivity contribution in [1.82, 2.24) is 5.43 Å². The molecule has 1 aliphatic heterocycles. The predicted octanol–water partition coefficient (Wildman–Crippen LogP) is 5.02. The van der Waals surface area contributed by atoms with Crippen LogP contribution in [-0.2, 0) is 0 Å². The lowest BCUT2D eigenvalue weighted by atomic mass is 9.98. The maximum Gasteiger partial charge on any atom is 0.143 e. The Morgan fingerprint density at radius 3 is 3.00 bits per heavy atom. The molecule has 6 heteroatoms. The number of hydrogen-bond donors (Lipinski definition) is 2. The second-order valence-corrected chi connectivity index (χ2v) is 7.00. The average Bonchev–Trinajstić information content (AvgIpc) is 2.55. The number of allylic oxidation sites excluding steroid dienone is 4. The van der Waals surface area contributed by atoms with Crippen molar-refractivity contribution < 1.29 is 5.11 Å². The van der Waals surface area contributed by atoms with Crippen LogP contribution in [0.2, 0.25) is 5.02 Å². The molecule has 2 N–H and O–H groups in total. The van der Waals surface area contributed by atoms with E-state index in [0.717, 1.165) is 28.8 Å². The quantitative estimate of drug-likeness (QED) is 0.409. The third-order valence-electron chi connectivity index (χ3n) is 3.45.